The number of nitro benzene ring substituents is 1. The van der Waals surface area contributed by atoms with Crippen LogP contribution in [0.5, 0.6) is 5.75 Å². The Morgan fingerprint density at radius 3 is 2.35 bits per heavy atom. The minimum Gasteiger partial charge on any atom is -0.496 e. The van der Waals surface area contributed by atoms with Gasteiger partial charge in [-0.25, -0.2) is 0 Å². The summed E-state index contributed by atoms with van der Waals surface area (Å²) in [5.74, 6) is -0.549. The Balaban J connectivity index is 2.19. The van der Waals surface area contributed by atoms with Crippen molar-refractivity contribution in [2.75, 3.05) is 7.11 Å². The van der Waals surface area contributed by atoms with Crippen LogP contribution in [0.2, 0.25) is 5.02 Å². The van der Waals surface area contributed by atoms with Crippen molar-refractivity contribution in [1.29, 1.82) is 0 Å². The summed E-state index contributed by atoms with van der Waals surface area (Å²) in [6, 6.07) is 8.22. The zero-order valence-corrected chi connectivity index (χ0v) is 18.8. The molecular weight excluding hydrogens is 422 g/mol. The molecule has 31 heavy (non-hydrogen) atoms. The van der Waals surface area contributed by atoms with Crippen LogP contribution in [0.25, 0.3) is 0 Å². The summed E-state index contributed by atoms with van der Waals surface area (Å²) >= 11 is 5.81. The number of nitrogens with zero attached hydrogens (tertiary/aromatic N) is 1. The van der Waals surface area contributed by atoms with Crippen LogP contribution >= 0.6 is 11.6 Å². The molecule has 0 aliphatic rings. The maximum Gasteiger partial charge on any atom is 0.288 e. The lowest BCUT2D eigenvalue weighted by Gasteiger charge is -2.25. The lowest BCUT2D eigenvalue weighted by atomic mass is 10.00. The number of carbonyl (C=O) groups excluding carboxylic acids is 2. The van der Waals surface area contributed by atoms with Crippen molar-refractivity contribution >= 4 is 29.1 Å². The highest BCUT2D eigenvalue weighted by molar-refractivity contribution is 6.32. The molecule has 0 saturated carbocycles. The number of hydrogen-bond donors (Lipinski definition) is 2. The first-order valence-corrected chi connectivity index (χ1v) is 10.1. The second-order valence-electron chi connectivity index (χ2n) is 7.59. The predicted molar refractivity (Wildman–Crippen MR) is 118 cm³/mol. The highest BCUT2D eigenvalue weighted by Gasteiger charge is 2.27. The monoisotopic (exact) mass is 447 g/mol. The van der Waals surface area contributed by atoms with Crippen molar-refractivity contribution in [3.63, 3.8) is 0 Å². The Morgan fingerprint density at radius 1 is 1.10 bits per heavy atom. The van der Waals surface area contributed by atoms with Crippen LogP contribution < -0.4 is 15.4 Å². The molecule has 0 bridgehead atoms. The summed E-state index contributed by atoms with van der Waals surface area (Å²) in [6.45, 7) is 7.37. The summed E-state index contributed by atoms with van der Waals surface area (Å²) in [5.41, 5.74) is 1.51. The molecule has 2 N–H and O–H groups in total. The SMILES string of the molecule is COc1ccc(C)cc1C(C)NC(=O)C(NC(=O)c1ccc(Cl)c([N+](=O)[O-])c1)C(C)C. The van der Waals surface area contributed by atoms with Crippen LogP contribution in [0.3, 0.4) is 0 Å². The first kappa shape index (κ1) is 24.1. The first-order chi connectivity index (χ1) is 14.5. The van der Waals surface area contributed by atoms with E-state index >= 15 is 0 Å². The molecule has 166 valence electrons. The Morgan fingerprint density at radius 2 is 1.77 bits per heavy atom. The number of rotatable bonds is 8. The van der Waals surface area contributed by atoms with Crippen LogP contribution in [0.1, 0.15) is 48.3 Å². The summed E-state index contributed by atoms with van der Waals surface area (Å²) in [6.07, 6.45) is 0. The number of halogens is 1. The van der Waals surface area contributed by atoms with Crippen molar-refractivity contribution in [1.82, 2.24) is 10.6 Å². The number of nitrogens with one attached hydrogen (secondary N) is 2. The van der Waals surface area contributed by atoms with E-state index < -0.39 is 16.9 Å². The van der Waals surface area contributed by atoms with E-state index in [0.717, 1.165) is 17.2 Å². The number of carbonyl (C=O) groups is 2. The smallest absolute Gasteiger partial charge is 0.288 e. The van der Waals surface area contributed by atoms with Crippen molar-refractivity contribution in [2.45, 2.75) is 39.8 Å². The number of amides is 2. The normalized spacial score (nSPS) is 12.7. The fourth-order valence-electron chi connectivity index (χ4n) is 3.13. The lowest BCUT2D eigenvalue weighted by molar-refractivity contribution is -0.384. The van der Waals surface area contributed by atoms with Gasteiger partial charge in [-0.05, 0) is 38.0 Å². The average Bonchev–Trinajstić information content (AvgIpc) is 2.71. The van der Waals surface area contributed by atoms with Gasteiger partial charge >= 0.3 is 0 Å². The molecule has 8 nitrogen and oxygen atoms in total. The van der Waals surface area contributed by atoms with E-state index in [4.69, 9.17) is 16.3 Å². The maximum absolute atomic E-state index is 13.0. The molecule has 0 aromatic heterocycles. The van der Waals surface area contributed by atoms with Gasteiger partial charge in [-0.2, -0.15) is 0 Å². The summed E-state index contributed by atoms with van der Waals surface area (Å²) in [5, 5.41) is 16.6. The number of methoxy groups -OCH3 is 1. The molecule has 0 radical (unpaired) electrons. The van der Waals surface area contributed by atoms with Crippen LogP contribution in [-0.4, -0.2) is 29.9 Å². The third kappa shape index (κ3) is 5.95. The van der Waals surface area contributed by atoms with Gasteiger partial charge in [-0.3, -0.25) is 19.7 Å². The average molecular weight is 448 g/mol. The number of ether oxygens (including phenoxy) is 1. The standard InChI is InChI=1S/C22H26ClN3O5/c1-12(2)20(25-21(27)15-7-8-17(23)18(11-15)26(29)30)22(28)24-14(4)16-10-13(3)6-9-19(16)31-5/h6-12,14,20H,1-5H3,(H,24,28)(H,25,27). The molecule has 2 amide bonds. The van der Waals surface area contributed by atoms with Gasteiger partial charge in [0.25, 0.3) is 11.6 Å². The molecule has 9 heteroatoms. The first-order valence-electron chi connectivity index (χ1n) is 9.74. The minimum atomic E-state index is -0.847. The van der Waals surface area contributed by atoms with Crippen molar-refractivity contribution in [3.8, 4) is 5.75 Å². The maximum atomic E-state index is 13.0. The third-order valence-corrected chi connectivity index (χ3v) is 5.17. The molecule has 0 aliphatic carbocycles. The molecule has 0 fully saturated rings. The molecule has 0 heterocycles. The highest BCUT2D eigenvalue weighted by atomic mass is 35.5. The Hall–Kier alpha value is -3.13. The van der Waals surface area contributed by atoms with Gasteiger partial charge in [0.1, 0.15) is 16.8 Å². The zero-order chi connectivity index (χ0) is 23.3. The highest BCUT2D eigenvalue weighted by Crippen LogP contribution is 2.27. The molecule has 0 saturated heterocycles. The topological polar surface area (TPSA) is 111 Å². The van der Waals surface area contributed by atoms with Crippen LogP contribution in [0, 0.1) is 23.0 Å². The van der Waals surface area contributed by atoms with E-state index in [1.165, 1.54) is 12.1 Å². The molecule has 0 aliphatic heterocycles. The van der Waals surface area contributed by atoms with E-state index in [-0.39, 0.29) is 34.1 Å². The van der Waals surface area contributed by atoms with Gasteiger partial charge < -0.3 is 15.4 Å². The van der Waals surface area contributed by atoms with Gasteiger partial charge in [0, 0.05) is 17.2 Å². The molecular formula is C22H26ClN3O5. The summed E-state index contributed by atoms with van der Waals surface area (Å²) in [4.78, 5) is 36.0. The van der Waals surface area contributed by atoms with E-state index in [9.17, 15) is 19.7 Å². The number of aryl methyl sites for hydroxylation is 1. The Kier molecular flexibility index (Phi) is 7.99. The van der Waals surface area contributed by atoms with Crippen LogP contribution in [-0.2, 0) is 4.79 Å². The molecule has 2 aromatic carbocycles. The van der Waals surface area contributed by atoms with Crippen molar-refractivity contribution < 1.29 is 19.2 Å². The number of hydrogen-bond acceptors (Lipinski definition) is 5. The number of nitro groups is 1. The molecule has 2 rings (SSSR count). The molecule has 2 atom stereocenters. The number of benzene rings is 2. The molecule has 0 spiro atoms. The van der Waals surface area contributed by atoms with E-state index in [0.29, 0.717) is 5.75 Å². The largest absolute Gasteiger partial charge is 0.496 e. The van der Waals surface area contributed by atoms with E-state index in [2.05, 4.69) is 10.6 Å². The molecule has 2 unspecified atom stereocenters. The van der Waals surface area contributed by atoms with Crippen LogP contribution in [0.15, 0.2) is 36.4 Å². The van der Waals surface area contributed by atoms with Gasteiger partial charge in [-0.15, -0.1) is 0 Å². The fourth-order valence-corrected chi connectivity index (χ4v) is 3.31. The van der Waals surface area contributed by atoms with Crippen molar-refractivity contribution in [3.05, 3.63) is 68.2 Å². The predicted octanol–water partition coefficient (Wildman–Crippen LogP) is 4.20. The van der Waals surface area contributed by atoms with Crippen LogP contribution in [0.4, 0.5) is 5.69 Å². The summed E-state index contributed by atoms with van der Waals surface area (Å²) in [7, 11) is 1.56. The zero-order valence-electron chi connectivity index (χ0n) is 18.1. The van der Waals surface area contributed by atoms with Crippen molar-refractivity contribution in [2.24, 2.45) is 5.92 Å². The Bertz CT molecular complexity index is 993. The van der Waals surface area contributed by atoms with Gasteiger partial charge in [0.05, 0.1) is 18.1 Å². The fraction of sp³-hybridized carbons (Fsp3) is 0.364. The van der Waals surface area contributed by atoms with Gasteiger partial charge in [0.2, 0.25) is 5.91 Å². The second-order valence-corrected chi connectivity index (χ2v) is 8.00. The van der Waals surface area contributed by atoms with Gasteiger partial charge in [0.15, 0.2) is 0 Å². The summed E-state index contributed by atoms with van der Waals surface area (Å²) < 4.78 is 5.39. The van der Waals surface area contributed by atoms with E-state index in [1.807, 2.05) is 32.0 Å². The van der Waals surface area contributed by atoms with Gasteiger partial charge in [-0.1, -0.05) is 43.1 Å². The second kappa shape index (κ2) is 10.3. The minimum absolute atomic E-state index is 0.0444. The molecule has 2 aromatic rings. The quantitative estimate of drug-likeness (QED) is 0.465. The Labute approximate surface area is 186 Å². The third-order valence-electron chi connectivity index (χ3n) is 4.85. The van der Waals surface area contributed by atoms with E-state index in [1.54, 1.807) is 21.0 Å². The lowest BCUT2D eigenvalue weighted by Crippen LogP contribution is -2.50.